The maximum absolute atomic E-state index is 12.5. The third-order valence-corrected chi connectivity index (χ3v) is 5.47. The van der Waals surface area contributed by atoms with Gasteiger partial charge in [-0.3, -0.25) is 4.79 Å². The van der Waals surface area contributed by atoms with E-state index in [0.717, 1.165) is 24.8 Å². The quantitative estimate of drug-likeness (QED) is 0.895. The van der Waals surface area contributed by atoms with E-state index in [1.165, 1.54) is 16.6 Å². The fourth-order valence-electron chi connectivity index (χ4n) is 4.39. The molecule has 0 bridgehead atoms. The molecule has 1 aromatic carbocycles. The summed E-state index contributed by atoms with van der Waals surface area (Å²) in [6, 6.07) is 8.34. The van der Waals surface area contributed by atoms with Crippen molar-refractivity contribution in [1.82, 2.24) is 9.88 Å². The van der Waals surface area contributed by atoms with E-state index in [0.29, 0.717) is 12.3 Å². The molecule has 4 nitrogen and oxygen atoms in total. The van der Waals surface area contributed by atoms with Crippen molar-refractivity contribution in [3.8, 4) is 0 Å². The third-order valence-electron chi connectivity index (χ3n) is 5.47. The summed E-state index contributed by atoms with van der Waals surface area (Å²) < 4.78 is 0. The predicted molar refractivity (Wildman–Crippen MR) is 85.5 cm³/mol. The molecule has 2 aliphatic rings. The number of benzene rings is 1. The van der Waals surface area contributed by atoms with Gasteiger partial charge in [0.25, 0.3) is 0 Å². The number of aliphatic hydroxyl groups excluding tert-OH is 1. The number of aliphatic hydroxyl groups is 1. The zero-order valence-electron chi connectivity index (χ0n) is 12.9. The van der Waals surface area contributed by atoms with Crippen molar-refractivity contribution in [3.63, 3.8) is 0 Å². The van der Waals surface area contributed by atoms with Gasteiger partial charge in [0.05, 0.1) is 18.7 Å². The maximum Gasteiger partial charge on any atom is 0.223 e. The number of carbonyl (C=O) groups is 1. The molecule has 2 aromatic rings. The van der Waals surface area contributed by atoms with Crippen LogP contribution in [-0.4, -0.2) is 33.5 Å². The Morgan fingerprint density at radius 1 is 1.36 bits per heavy atom. The summed E-state index contributed by atoms with van der Waals surface area (Å²) in [5.41, 5.74) is 3.63. The van der Waals surface area contributed by atoms with Crippen molar-refractivity contribution in [1.29, 1.82) is 0 Å². The molecule has 0 aliphatic carbocycles. The number of para-hydroxylation sites is 1. The zero-order valence-corrected chi connectivity index (χ0v) is 12.9. The number of hydrogen-bond acceptors (Lipinski definition) is 2. The summed E-state index contributed by atoms with van der Waals surface area (Å²) in [5.74, 6) is 0.664. The van der Waals surface area contributed by atoms with E-state index in [1.54, 1.807) is 0 Å². The lowest BCUT2D eigenvalue weighted by Gasteiger charge is -2.47. The van der Waals surface area contributed by atoms with Crippen LogP contribution in [0.2, 0.25) is 0 Å². The maximum atomic E-state index is 12.5. The average Bonchev–Trinajstić information content (AvgIpc) is 2.93. The number of rotatable bonds is 2. The van der Waals surface area contributed by atoms with E-state index in [-0.39, 0.29) is 24.6 Å². The molecule has 4 heteroatoms. The van der Waals surface area contributed by atoms with Gasteiger partial charge in [0.15, 0.2) is 0 Å². The first-order chi connectivity index (χ1) is 10.7. The Bertz CT molecular complexity index is 721. The number of fused-ring (bicyclic) bond motifs is 5. The molecule has 1 saturated heterocycles. The largest absolute Gasteiger partial charge is 0.394 e. The monoisotopic (exact) mass is 298 g/mol. The Balaban J connectivity index is 1.92. The highest BCUT2D eigenvalue weighted by Gasteiger charge is 2.44. The molecule has 116 valence electrons. The SMILES string of the molecule is CC[C@H]1CCC(=O)N2[C@H](CO)Cc3c([nH]c4ccccc34)[C@H]12. The molecular weight excluding hydrogens is 276 g/mol. The molecule has 0 radical (unpaired) electrons. The van der Waals surface area contributed by atoms with E-state index in [2.05, 4.69) is 30.1 Å². The van der Waals surface area contributed by atoms with Gasteiger partial charge in [-0.05, 0) is 30.4 Å². The summed E-state index contributed by atoms with van der Waals surface area (Å²) in [4.78, 5) is 18.0. The summed E-state index contributed by atoms with van der Waals surface area (Å²) >= 11 is 0. The fourth-order valence-corrected chi connectivity index (χ4v) is 4.39. The second-order valence-corrected chi connectivity index (χ2v) is 6.56. The van der Waals surface area contributed by atoms with Crippen molar-refractivity contribution in [2.75, 3.05) is 6.61 Å². The smallest absolute Gasteiger partial charge is 0.223 e. The van der Waals surface area contributed by atoms with Gasteiger partial charge in [-0.15, -0.1) is 0 Å². The highest BCUT2D eigenvalue weighted by atomic mass is 16.3. The first-order valence-electron chi connectivity index (χ1n) is 8.26. The van der Waals surface area contributed by atoms with Crippen LogP contribution >= 0.6 is 0 Å². The lowest BCUT2D eigenvalue weighted by atomic mass is 9.79. The molecule has 3 atom stereocenters. The fraction of sp³-hybridized carbons (Fsp3) is 0.500. The Kier molecular flexibility index (Phi) is 3.22. The number of aromatic nitrogens is 1. The minimum Gasteiger partial charge on any atom is -0.394 e. The number of nitrogens with zero attached hydrogens (tertiary/aromatic N) is 1. The Morgan fingerprint density at radius 3 is 2.95 bits per heavy atom. The van der Waals surface area contributed by atoms with Crippen LogP contribution in [0.25, 0.3) is 10.9 Å². The van der Waals surface area contributed by atoms with E-state index in [9.17, 15) is 9.90 Å². The van der Waals surface area contributed by atoms with Crippen LogP contribution in [0.5, 0.6) is 0 Å². The molecule has 1 fully saturated rings. The number of aromatic amines is 1. The number of piperidine rings is 1. The van der Waals surface area contributed by atoms with Gasteiger partial charge < -0.3 is 15.0 Å². The minimum atomic E-state index is -0.0847. The van der Waals surface area contributed by atoms with Gasteiger partial charge in [-0.1, -0.05) is 31.5 Å². The molecule has 1 amide bonds. The van der Waals surface area contributed by atoms with Crippen LogP contribution in [0, 0.1) is 5.92 Å². The Hall–Kier alpha value is -1.81. The molecule has 2 aliphatic heterocycles. The summed E-state index contributed by atoms with van der Waals surface area (Å²) in [5, 5.41) is 11.1. The number of nitrogens with one attached hydrogen (secondary N) is 1. The van der Waals surface area contributed by atoms with Crippen molar-refractivity contribution in [2.24, 2.45) is 5.92 Å². The van der Waals surface area contributed by atoms with E-state index < -0.39 is 0 Å². The number of H-pyrrole nitrogens is 1. The predicted octanol–water partition coefficient (Wildman–Crippen LogP) is 2.77. The second kappa shape index (κ2) is 5.13. The first kappa shape index (κ1) is 13.8. The van der Waals surface area contributed by atoms with Crippen LogP contribution in [0.3, 0.4) is 0 Å². The van der Waals surface area contributed by atoms with Crippen LogP contribution in [0.1, 0.15) is 43.5 Å². The average molecular weight is 298 g/mol. The summed E-state index contributed by atoms with van der Waals surface area (Å²) in [6.45, 7) is 2.24. The molecule has 22 heavy (non-hydrogen) atoms. The van der Waals surface area contributed by atoms with Crippen molar-refractivity contribution >= 4 is 16.8 Å². The van der Waals surface area contributed by atoms with E-state index in [1.807, 2.05) is 11.0 Å². The van der Waals surface area contributed by atoms with Gasteiger partial charge in [0.1, 0.15) is 0 Å². The van der Waals surface area contributed by atoms with Crippen LogP contribution in [0.4, 0.5) is 0 Å². The van der Waals surface area contributed by atoms with Crippen LogP contribution in [0.15, 0.2) is 24.3 Å². The Morgan fingerprint density at radius 2 is 2.18 bits per heavy atom. The standard InChI is InChI=1S/C18H22N2O2/c1-2-11-7-8-16(22)20-12(10-21)9-14-13-5-3-4-6-15(13)19-17(14)18(11)20/h3-6,11-12,18-19,21H,2,7-10H2,1H3/t11-,12-,18-/m0/s1. The van der Waals surface area contributed by atoms with E-state index in [4.69, 9.17) is 0 Å². The van der Waals surface area contributed by atoms with Gasteiger partial charge >= 0.3 is 0 Å². The molecule has 2 N–H and O–H groups in total. The number of amides is 1. The lowest BCUT2D eigenvalue weighted by Crippen LogP contribution is -2.53. The van der Waals surface area contributed by atoms with Gasteiger partial charge in [0, 0.05) is 23.0 Å². The molecule has 0 spiro atoms. The highest BCUT2D eigenvalue weighted by Crippen LogP contribution is 2.45. The molecular formula is C18H22N2O2. The number of hydrogen-bond donors (Lipinski definition) is 2. The highest BCUT2D eigenvalue weighted by molar-refractivity contribution is 5.86. The lowest BCUT2D eigenvalue weighted by molar-refractivity contribution is -0.145. The minimum absolute atomic E-state index is 0.0393. The third kappa shape index (κ3) is 1.83. The summed E-state index contributed by atoms with van der Waals surface area (Å²) in [7, 11) is 0. The molecule has 1 aromatic heterocycles. The van der Waals surface area contributed by atoms with Crippen LogP contribution in [-0.2, 0) is 11.2 Å². The molecule has 4 rings (SSSR count). The normalized spacial score (nSPS) is 27.8. The topological polar surface area (TPSA) is 56.3 Å². The van der Waals surface area contributed by atoms with Crippen molar-refractivity contribution in [3.05, 3.63) is 35.5 Å². The van der Waals surface area contributed by atoms with Gasteiger partial charge in [0.2, 0.25) is 5.91 Å². The first-order valence-corrected chi connectivity index (χ1v) is 8.26. The molecule has 3 heterocycles. The molecule has 0 unspecified atom stereocenters. The van der Waals surface area contributed by atoms with E-state index >= 15 is 0 Å². The van der Waals surface area contributed by atoms with Gasteiger partial charge in [-0.25, -0.2) is 0 Å². The van der Waals surface area contributed by atoms with Crippen molar-refractivity contribution in [2.45, 2.75) is 44.7 Å². The van der Waals surface area contributed by atoms with Crippen LogP contribution < -0.4 is 0 Å². The Labute approximate surface area is 130 Å². The number of carbonyl (C=O) groups excluding carboxylic acids is 1. The second-order valence-electron chi connectivity index (χ2n) is 6.56. The van der Waals surface area contributed by atoms with Gasteiger partial charge in [-0.2, -0.15) is 0 Å². The van der Waals surface area contributed by atoms with Crippen molar-refractivity contribution < 1.29 is 9.90 Å². The zero-order chi connectivity index (χ0) is 15.3. The summed E-state index contributed by atoms with van der Waals surface area (Å²) in [6.07, 6.45) is 3.36. The molecule has 0 saturated carbocycles.